The molecule has 5 rings (SSSR count). The monoisotopic (exact) mass is 443 g/mol. The van der Waals surface area contributed by atoms with Crippen molar-refractivity contribution in [3.05, 3.63) is 53.3 Å². The minimum Gasteiger partial charge on any atom is -0.356 e. The van der Waals surface area contributed by atoms with Gasteiger partial charge >= 0.3 is 0 Å². The summed E-state index contributed by atoms with van der Waals surface area (Å²) in [6, 6.07) is 14.1. The molecule has 0 radical (unpaired) electrons. The van der Waals surface area contributed by atoms with Gasteiger partial charge in [0.25, 0.3) is 0 Å². The lowest BCUT2D eigenvalue weighted by molar-refractivity contribution is -0.119. The van der Waals surface area contributed by atoms with Crippen LogP contribution in [-0.2, 0) is 4.79 Å². The van der Waals surface area contributed by atoms with Crippen molar-refractivity contribution in [2.45, 2.75) is 33.1 Å². The van der Waals surface area contributed by atoms with Crippen LogP contribution in [0.5, 0.6) is 0 Å². The Bertz CT molecular complexity index is 1210. The van der Waals surface area contributed by atoms with Gasteiger partial charge in [0.15, 0.2) is 5.13 Å². The number of amides is 1. The number of benzene rings is 1. The van der Waals surface area contributed by atoms with E-state index in [1.165, 1.54) is 0 Å². The third kappa shape index (κ3) is 3.87. The van der Waals surface area contributed by atoms with Gasteiger partial charge in [-0.15, -0.1) is 0 Å². The van der Waals surface area contributed by atoms with E-state index in [0.29, 0.717) is 12.0 Å². The molecule has 32 heavy (non-hydrogen) atoms. The Balaban J connectivity index is 1.53. The second kappa shape index (κ2) is 8.03. The van der Waals surface area contributed by atoms with Gasteiger partial charge in [0, 0.05) is 43.0 Å². The van der Waals surface area contributed by atoms with E-state index in [2.05, 4.69) is 33.4 Å². The highest BCUT2D eigenvalue weighted by Crippen LogP contribution is 2.44. The number of hydrogen-bond donors (Lipinski definition) is 1. The van der Waals surface area contributed by atoms with E-state index in [-0.39, 0.29) is 11.3 Å². The molecule has 0 bridgehead atoms. The number of nitrogens with zero attached hydrogens (tertiary/aromatic N) is 4. The van der Waals surface area contributed by atoms with E-state index in [1.54, 1.807) is 11.3 Å². The number of thiazole rings is 1. The Morgan fingerprint density at radius 2 is 1.84 bits per heavy atom. The zero-order chi connectivity index (χ0) is 22.3. The molecular formula is C25H25N5OS. The molecule has 0 atom stereocenters. The second-order valence-electron chi connectivity index (χ2n) is 8.95. The fraction of sp³-hybridized carbons (Fsp3) is 0.360. The Labute approximate surface area is 191 Å². The Morgan fingerprint density at radius 3 is 2.50 bits per heavy atom. The van der Waals surface area contributed by atoms with Gasteiger partial charge in [-0.2, -0.15) is 5.26 Å². The number of hydrogen-bond acceptors (Lipinski definition) is 6. The standard InChI is InChI=1S/C25H25N5OS/c1-16-10-20(11-17(2)28-16)23-22(19-5-3-4-18(12-19)14-26)29-24(32-23)30-8-6-25(7-9-30)13-21(31)27-15-25/h3-5,10-12H,6-9,13,15H2,1-2H3,(H,27,31). The molecule has 0 aliphatic carbocycles. The molecule has 1 amide bonds. The van der Waals surface area contributed by atoms with Gasteiger partial charge in [0.2, 0.25) is 5.91 Å². The van der Waals surface area contributed by atoms with Gasteiger partial charge < -0.3 is 10.2 Å². The summed E-state index contributed by atoms with van der Waals surface area (Å²) in [6.07, 6.45) is 2.63. The molecule has 2 aromatic heterocycles. The largest absolute Gasteiger partial charge is 0.356 e. The summed E-state index contributed by atoms with van der Waals surface area (Å²) in [5.74, 6) is 0.179. The van der Waals surface area contributed by atoms with Crippen molar-refractivity contribution in [1.29, 1.82) is 5.26 Å². The zero-order valence-corrected chi connectivity index (χ0v) is 19.1. The molecule has 2 fully saturated rings. The molecule has 2 saturated heterocycles. The summed E-state index contributed by atoms with van der Waals surface area (Å²) in [7, 11) is 0. The number of piperidine rings is 1. The van der Waals surface area contributed by atoms with E-state index in [9.17, 15) is 10.1 Å². The summed E-state index contributed by atoms with van der Waals surface area (Å²) >= 11 is 1.70. The summed E-state index contributed by atoms with van der Waals surface area (Å²) in [5.41, 5.74) is 5.66. The number of carbonyl (C=O) groups is 1. The van der Waals surface area contributed by atoms with Gasteiger partial charge in [-0.25, -0.2) is 4.98 Å². The summed E-state index contributed by atoms with van der Waals surface area (Å²) in [6.45, 7) is 6.61. The molecule has 1 spiro atoms. The Kier molecular flexibility index (Phi) is 5.18. The number of pyridine rings is 1. The molecular weight excluding hydrogens is 418 g/mol. The van der Waals surface area contributed by atoms with Gasteiger partial charge in [-0.1, -0.05) is 23.5 Å². The maximum Gasteiger partial charge on any atom is 0.220 e. The van der Waals surface area contributed by atoms with Gasteiger partial charge in [0.1, 0.15) is 0 Å². The molecule has 7 heteroatoms. The normalized spacial score (nSPS) is 17.4. The number of aromatic nitrogens is 2. The van der Waals surface area contributed by atoms with E-state index in [4.69, 9.17) is 4.98 Å². The average Bonchev–Trinajstić information content (AvgIpc) is 3.38. The SMILES string of the molecule is Cc1cc(-c2sc(N3CCC4(CC3)CNC(=O)C4)nc2-c2cccc(C#N)c2)cc(C)n1. The van der Waals surface area contributed by atoms with E-state index in [0.717, 1.165) is 70.7 Å². The van der Waals surface area contributed by atoms with Gasteiger partial charge in [0.05, 0.1) is 22.2 Å². The predicted molar refractivity (Wildman–Crippen MR) is 126 cm³/mol. The van der Waals surface area contributed by atoms with Crippen molar-refractivity contribution >= 4 is 22.4 Å². The van der Waals surface area contributed by atoms with Crippen LogP contribution in [0.1, 0.15) is 36.2 Å². The highest BCUT2D eigenvalue weighted by Gasteiger charge is 2.41. The van der Waals surface area contributed by atoms with Crippen LogP contribution in [0.15, 0.2) is 36.4 Å². The second-order valence-corrected chi connectivity index (χ2v) is 9.92. The molecule has 0 saturated carbocycles. The molecule has 1 N–H and O–H groups in total. The molecule has 162 valence electrons. The fourth-order valence-electron chi connectivity index (χ4n) is 4.81. The fourth-order valence-corrected chi connectivity index (χ4v) is 5.94. The number of carbonyl (C=O) groups excluding carboxylic acids is 1. The third-order valence-corrected chi connectivity index (χ3v) is 7.68. The predicted octanol–water partition coefficient (Wildman–Crippen LogP) is 4.47. The number of nitrogens with one attached hydrogen (secondary N) is 1. The summed E-state index contributed by atoms with van der Waals surface area (Å²) < 4.78 is 0. The van der Waals surface area contributed by atoms with Gasteiger partial charge in [-0.05, 0) is 61.9 Å². The maximum absolute atomic E-state index is 11.8. The first-order valence-electron chi connectivity index (χ1n) is 10.9. The maximum atomic E-state index is 11.8. The van der Waals surface area contributed by atoms with Crippen molar-refractivity contribution in [3.63, 3.8) is 0 Å². The first-order valence-corrected chi connectivity index (χ1v) is 11.8. The molecule has 2 aliphatic rings. The van der Waals surface area contributed by atoms with Crippen molar-refractivity contribution < 1.29 is 4.79 Å². The lowest BCUT2D eigenvalue weighted by Gasteiger charge is -2.38. The van der Waals surface area contributed by atoms with Crippen LogP contribution in [0, 0.1) is 30.6 Å². The first kappa shape index (κ1) is 20.7. The Morgan fingerprint density at radius 1 is 1.09 bits per heavy atom. The third-order valence-electron chi connectivity index (χ3n) is 6.52. The molecule has 2 aliphatic heterocycles. The molecule has 4 heterocycles. The van der Waals surface area contributed by atoms with E-state index < -0.39 is 0 Å². The van der Waals surface area contributed by atoms with Crippen LogP contribution in [0.2, 0.25) is 0 Å². The minimum atomic E-state index is 0.108. The molecule has 3 aromatic rings. The van der Waals surface area contributed by atoms with Gasteiger partial charge in [-0.3, -0.25) is 9.78 Å². The van der Waals surface area contributed by atoms with Crippen molar-refractivity contribution in [2.24, 2.45) is 5.41 Å². The van der Waals surface area contributed by atoms with E-state index >= 15 is 0 Å². The first-order chi connectivity index (χ1) is 15.4. The topological polar surface area (TPSA) is 81.9 Å². The lowest BCUT2D eigenvalue weighted by atomic mass is 9.78. The molecule has 0 unspecified atom stereocenters. The molecule has 6 nitrogen and oxygen atoms in total. The summed E-state index contributed by atoms with van der Waals surface area (Å²) in [5, 5.41) is 13.4. The average molecular weight is 444 g/mol. The van der Waals surface area contributed by atoms with Crippen molar-refractivity contribution in [3.8, 4) is 27.8 Å². The van der Waals surface area contributed by atoms with Crippen LogP contribution in [0.4, 0.5) is 5.13 Å². The lowest BCUT2D eigenvalue weighted by Crippen LogP contribution is -2.41. The molecule has 1 aromatic carbocycles. The number of nitriles is 1. The highest BCUT2D eigenvalue weighted by atomic mass is 32.1. The number of anilines is 1. The number of rotatable bonds is 3. The smallest absolute Gasteiger partial charge is 0.220 e. The quantitative estimate of drug-likeness (QED) is 0.646. The van der Waals surface area contributed by atoms with Crippen LogP contribution in [0.25, 0.3) is 21.7 Å². The van der Waals surface area contributed by atoms with Crippen LogP contribution in [-0.4, -0.2) is 35.5 Å². The van der Waals surface area contributed by atoms with Crippen molar-refractivity contribution in [2.75, 3.05) is 24.5 Å². The minimum absolute atomic E-state index is 0.108. The zero-order valence-electron chi connectivity index (χ0n) is 18.3. The van der Waals surface area contributed by atoms with Crippen molar-refractivity contribution in [1.82, 2.24) is 15.3 Å². The van der Waals surface area contributed by atoms with Crippen LogP contribution >= 0.6 is 11.3 Å². The van der Waals surface area contributed by atoms with Crippen LogP contribution < -0.4 is 10.2 Å². The van der Waals surface area contributed by atoms with E-state index in [1.807, 2.05) is 38.1 Å². The Hall–Kier alpha value is -3.24. The summed E-state index contributed by atoms with van der Waals surface area (Å²) in [4.78, 5) is 24.8. The van der Waals surface area contributed by atoms with Crippen LogP contribution in [0.3, 0.4) is 0 Å². The highest BCUT2D eigenvalue weighted by molar-refractivity contribution is 7.19. The number of aryl methyl sites for hydroxylation is 2.